The number of imide groups is 1. The second kappa shape index (κ2) is 10.2. The van der Waals surface area contributed by atoms with Crippen molar-refractivity contribution < 1.29 is 38.1 Å². The molecule has 0 aliphatic rings. The number of rotatable bonds is 7. The Labute approximate surface area is 147 Å². The zero-order valence-corrected chi connectivity index (χ0v) is 15.6. The SMILES string of the molecule is COC(=O)C(CCC(F)CO)N(C(=O)OC(C)C)C(=O)OC(C)(C)C. The highest BCUT2D eigenvalue weighted by Gasteiger charge is 2.40. The maximum absolute atomic E-state index is 13.4. The summed E-state index contributed by atoms with van der Waals surface area (Å²) in [6.45, 7) is 7.17. The molecule has 0 aromatic rings. The third-order valence-corrected chi connectivity index (χ3v) is 2.86. The summed E-state index contributed by atoms with van der Waals surface area (Å²) in [7, 11) is 1.08. The lowest BCUT2D eigenvalue weighted by Gasteiger charge is -2.30. The number of carbonyl (C=O) groups excluding carboxylic acids is 3. The summed E-state index contributed by atoms with van der Waals surface area (Å²) >= 11 is 0. The molecule has 2 amide bonds. The first-order valence-electron chi connectivity index (χ1n) is 7.98. The summed E-state index contributed by atoms with van der Waals surface area (Å²) in [6.07, 6.45) is -4.87. The van der Waals surface area contributed by atoms with E-state index in [4.69, 9.17) is 14.6 Å². The van der Waals surface area contributed by atoms with Crippen LogP contribution >= 0.6 is 0 Å². The van der Waals surface area contributed by atoms with Gasteiger partial charge in [-0.1, -0.05) is 0 Å². The molecule has 0 aliphatic carbocycles. The van der Waals surface area contributed by atoms with Crippen LogP contribution in [0.4, 0.5) is 14.0 Å². The number of amides is 2. The minimum atomic E-state index is -1.60. The van der Waals surface area contributed by atoms with Gasteiger partial charge in [0.05, 0.1) is 19.8 Å². The van der Waals surface area contributed by atoms with Gasteiger partial charge in [0.15, 0.2) is 0 Å². The number of ether oxygens (including phenoxy) is 3. The zero-order chi connectivity index (χ0) is 19.8. The minimum Gasteiger partial charge on any atom is -0.467 e. The van der Waals surface area contributed by atoms with Gasteiger partial charge in [0, 0.05) is 0 Å². The van der Waals surface area contributed by atoms with Crippen molar-refractivity contribution in [1.82, 2.24) is 4.90 Å². The van der Waals surface area contributed by atoms with Crippen LogP contribution in [-0.4, -0.2) is 65.8 Å². The van der Waals surface area contributed by atoms with E-state index in [1.807, 2.05) is 0 Å². The number of halogens is 1. The molecule has 0 spiro atoms. The Morgan fingerprint density at radius 2 is 1.68 bits per heavy atom. The number of hydrogen-bond donors (Lipinski definition) is 1. The molecule has 0 radical (unpaired) electrons. The maximum Gasteiger partial charge on any atom is 0.420 e. The zero-order valence-electron chi connectivity index (χ0n) is 15.6. The van der Waals surface area contributed by atoms with Crippen LogP contribution in [0, 0.1) is 0 Å². The van der Waals surface area contributed by atoms with E-state index in [-0.39, 0.29) is 12.8 Å². The third-order valence-electron chi connectivity index (χ3n) is 2.86. The molecule has 0 saturated carbocycles. The van der Waals surface area contributed by atoms with Crippen LogP contribution in [0.5, 0.6) is 0 Å². The first-order valence-corrected chi connectivity index (χ1v) is 7.98. The smallest absolute Gasteiger partial charge is 0.420 e. The molecule has 2 unspecified atom stereocenters. The molecule has 0 aromatic carbocycles. The van der Waals surface area contributed by atoms with Crippen LogP contribution in [0.1, 0.15) is 47.5 Å². The van der Waals surface area contributed by atoms with Crippen LogP contribution in [0.15, 0.2) is 0 Å². The Kier molecular flexibility index (Phi) is 9.40. The molecule has 9 heteroatoms. The van der Waals surface area contributed by atoms with Gasteiger partial charge in [-0.2, -0.15) is 4.90 Å². The molecule has 146 valence electrons. The molecular formula is C16H28FNO7. The van der Waals surface area contributed by atoms with Crippen molar-refractivity contribution >= 4 is 18.2 Å². The van der Waals surface area contributed by atoms with Gasteiger partial charge < -0.3 is 19.3 Å². The predicted octanol–water partition coefficient (Wildman–Crippen LogP) is 2.42. The van der Waals surface area contributed by atoms with Crippen LogP contribution in [-0.2, 0) is 19.0 Å². The summed E-state index contributed by atoms with van der Waals surface area (Å²) in [5, 5.41) is 8.78. The average molecular weight is 365 g/mol. The van der Waals surface area contributed by atoms with Gasteiger partial charge in [0.25, 0.3) is 0 Å². The Bertz CT molecular complexity index is 462. The summed E-state index contributed by atoms with van der Waals surface area (Å²) in [4.78, 5) is 37.3. The van der Waals surface area contributed by atoms with Crippen molar-refractivity contribution in [2.24, 2.45) is 0 Å². The Morgan fingerprint density at radius 1 is 1.12 bits per heavy atom. The van der Waals surface area contributed by atoms with E-state index in [1.165, 1.54) is 0 Å². The Morgan fingerprint density at radius 3 is 2.08 bits per heavy atom. The number of aliphatic hydroxyl groups excluding tert-OH is 1. The molecule has 0 heterocycles. The van der Waals surface area contributed by atoms with Crippen molar-refractivity contribution in [1.29, 1.82) is 0 Å². The van der Waals surface area contributed by atoms with Crippen molar-refractivity contribution in [2.45, 2.75) is 71.4 Å². The molecule has 0 fully saturated rings. The molecule has 0 saturated heterocycles. The lowest BCUT2D eigenvalue weighted by molar-refractivity contribution is -0.146. The van der Waals surface area contributed by atoms with Crippen LogP contribution < -0.4 is 0 Å². The first-order chi connectivity index (χ1) is 11.4. The monoisotopic (exact) mass is 365 g/mol. The van der Waals surface area contributed by atoms with Gasteiger partial charge in [-0.25, -0.2) is 18.8 Å². The standard InChI is InChI=1S/C16H28FNO7/c1-10(2)24-14(21)18(15(22)25-16(3,4)5)12(13(20)23-6)8-7-11(17)9-19/h10-12,19H,7-9H2,1-6H3. The molecule has 1 N–H and O–H groups in total. The van der Waals surface area contributed by atoms with E-state index >= 15 is 0 Å². The van der Waals surface area contributed by atoms with Gasteiger partial charge in [0.2, 0.25) is 0 Å². The highest BCUT2D eigenvalue weighted by molar-refractivity contribution is 5.94. The number of carbonyl (C=O) groups is 3. The maximum atomic E-state index is 13.4. The third kappa shape index (κ3) is 8.67. The Hall–Kier alpha value is -1.90. The second-order valence-electron chi connectivity index (χ2n) is 6.68. The number of aliphatic hydroxyl groups is 1. The molecule has 0 aromatic heterocycles. The van der Waals surface area contributed by atoms with E-state index in [1.54, 1.807) is 34.6 Å². The van der Waals surface area contributed by atoms with Gasteiger partial charge in [-0.3, -0.25) is 0 Å². The predicted molar refractivity (Wildman–Crippen MR) is 86.7 cm³/mol. The van der Waals surface area contributed by atoms with E-state index in [0.29, 0.717) is 4.90 Å². The number of hydrogen-bond acceptors (Lipinski definition) is 7. The number of alkyl halides is 1. The summed E-state index contributed by atoms with van der Waals surface area (Å²) < 4.78 is 28.1. The number of methoxy groups -OCH3 is 1. The lowest BCUT2D eigenvalue weighted by Crippen LogP contribution is -2.51. The molecule has 0 bridgehead atoms. The highest BCUT2D eigenvalue weighted by Crippen LogP contribution is 2.19. The topological polar surface area (TPSA) is 102 Å². The van der Waals surface area contributed by atoms with Crippen LogP contribution in [0.2, 0.25) is 0 Å². The van der Waals surface area contributed by atoms with Gasteiger partial charge >= 0.3 is 18.2 Å². The fraction of sp³-hybridized carbons (Fsp3) is 0.812. The highest BCUT2D eigenvalue weighted by atomic mass is 19.1. The van der Waals surface area contributed by atoms with Crippen molar-refractivity contribution in [2.75, 3.05) is 13.7 Å². The Balaban J connectivity index is 5.61. The molecule has 25 heavy (non-hydrogen) atoms. The fourth-order valence-corrected chi connectivity index (χ4v) is 1.82. The summed E-state index contributed by atoms with van der Waals surface area (Å²) in [6, 6.07) is -1.43. The number of nitrogens with zero attached hydrogens (tertiary/aromatic N) is 1. The van der Waals surface area contributed by atoms with Gasteiger partial charge in [0.1, 0.15) is 17.8 Å². The van der Waals surface area contributed by atoms with Crippen LogP contribution in [0.25, 0.3) is 0 Å². The van der Waals surface area contributed by atoms with Crippen molar-refractivity contribution in [3.8, 4) is 0 Å². The molecule has 0 aliphatic heterocycles. The van der Waals surface area contributed by atoms with Gasteiger partial charge in [-0.15, -0.1) is 0 Å². The minimum absolute atomic E-state index is 0.249. The molecule has 8 nitrogen and oxygen atoms in total. The van der Waals surface area contributed by atoms with Crippen molar-refractivity contribution in [3.63, 3.8) is 0 Å². The summed E-state index contributed by atoms with van der Waals surface area (Å²) in [5.41, 5.74) is -0.929. The molecule has 2 atom stereocenters. The molecular weight excluding hydrogens is 337 g/mol. The lowest BCUT2D eigenvalue weighted by atomic mass is 10.1. The van der Waals surface area contributed by atoms with Crippen LogP contribution in [0.3, 0.4) is 0 Å². The average Bonchev–Trinajstić information content (AvgIpc) is 2.47. The van der Waals surface area contributed by atoms with E-state index in [2.05, 4.69) is 4.74 Å². The molecule has 0 rings (SSSR count). The largest absolute Gasteiger partial charge is 0.467 e. The van der Waals surface area contributed by atoms with E-state index in [9.17, 15) is 18.8 Å². The van der Waals surface area contributed by atoms with E-state index < -0.39 is 48.7 Å². The normalized spacial score (nSPS) is 13.8. The number of esters is 1. The quantitative estimate of drug-likeness (QED) is 0.546. The van der Waals surface area contributed by atoms with E-state index in [0.717, 1.165) is 7.11 Å². The first kappa shape index (κ1) is 23.1. The summed E-state index contributed by atoms with van der Waals surface area (Å²) in [5.74, 6) is -0.920. The fourth-order valence-electron chi connectivity index (χ4n) is 1.82. The second-order valence-corrected chi connectivity index (χ2v) is 6.68. The van der Waals surface area contributed by atoms with Gasteiger partial charge in [-0.05, 0) is 47.5 Å². The van der Waals surface area contributed by atoms with Crippen molar-refractivity contribution in [3.05, 3.63) is 0 Å².